The molecule has 3 atom stereocenters. The molecule has 0 radical (unpaired) electrons. The first-order chi connectivity index (χ1) is 11.8. The van der Waals surface area contributed by atoms with Crippen molar-refractivity contribution in [1.29, 1.82) is 0 Å². The molecule has 136 valence electrons. The number of likely N-dealkylation sites (tertiary alicyclic amines) is 1. The van der Waals surface area contributed by atoms with Crippen LogP contribution in [0.3, 0.4) is 0 Å². The van der Waals surface area contributed by atoms with Gasteiger partial charge in [-0.3, -0.25) is 4.90 Å². The average molecular weight is 350 g/mol. The van der Waals surface area contributed by atoms with Crippen LogP contribution < -0.4 is 10.6 Å². The van der Waals surface area contributed by atoms with Crippen LogP contribution in [0, 0.1) is 11.8 Å². The standard InChI is InChI=1S/C20H35N3S/c24-19(22-18-14-16-7-8-17(18)13-16)21-15-20(9-3-1-4-10-20)23-11-5-2-6-12-23/h16-18H,1-15H2,(H2,21,22,24). The normalized spacial score (nSPS) is 35.8. The zero-order valence-corrected chi connectivity index (χ0v) is 16.0. The van der Waals surface area contributed by atoms with Gasteiger partial charge in [-0.1, -0.05) is 32.1 Å². The Balaban J connectivity index is 1.31. The van der Waals surface area contributed by atoms with Gasteiger partial charge in [0.25, 0.3) is 0 Å². The van der Waals surface area contributed by atoms with E-state index in [9.17, 15) is 0 Å². The number of fused-ring (bicyclic) bond motifs is 2. The van der Waals surface area contributed by atoms with Gasteiger partial charge in [-0.15, -0.1) is 0 Å². The molecule has 2 bridgehead atoms. The van der Waals surface area contributed by atoms with E-state index in [2.05, 4.69) is 15.5 Å². The predicted molar refractivity (Wildman–Crippen MR) is 104 cm³/mol. The van der Waals surface area contributed by atoms with E-state index in [1.807, 2.05) is 0 Å². The molecule has 1 aliphatic heterocycles. The molecule has 1 heterocycles. The van der Waals surface area contributed by atoms with Crippen LogP contribution in [0.15, 0.2) is 0 Å². The van der Waals surface area contributed by atoms with Crippen molar-refractivity contribution < 1.29 is 0 Å². The van der Waals surface area contributed by atoms with Gasteiger partial charge < -0.3 is 10.6 Å². The Hall–Kier alpha value is -0.350. The lowest BCUT2D eigenvalue weighted by atomic mass is 9.79. The summed E-state index contributed by atoms with van der Waals surface area (Å²) in [5, 5.41) is 8.25. The van der Waals surface area contributed by atoms with Gasteiger partial charge in [-0.2, -0.15) is 0 Å². The number of rotatable bonds is 4. The summed E-state index contributed by atoms with van der Waals surface area (Å²) in [6.07, 6.45) is 16.8. The fraction of sp³-hybridized carbons (Fsp3) is 0.950. The highest BCUT2D eigenvalue weighted by atomic mass is 32.1. The Labute approximate surface area is 153 Å². The van der Waals surface area contributed by atoms with Crippen molar-refractivity contribution in [3.05, 3.63) is 0 Å². The SMILES string of the molecule is S=C(NCC1(N2CCCCC2)CCCCC1)NC1CC2CCC1C2. The molecule has 0 spiro atoms. The predicted octanol–water partition coefficient (Wildman–Crippen LogP) is 3.83. The van der Waals surface area contributed by atoms with Crippen LogP contribution in [0.25, 0.3) is 0 Å². The van der Waals surface area contributed by atoms with E-state index >= 15 is 0 Å². The summed E-state index contributed by atoms with van der Waals surface area (Å²) in [5.41, 5.74) is 0.374. The van der Waals surface area contributed by atoms with Gasteiger partial charge in [0.2, 0.25) is 0 Å². The Kier molecular flexibility index (Phi) is 5.33. The molecule has 0 aromatic rings. The van der Waals surface area contributed by atoms with Gasteiger partial charge in [0.1, 0.15) is 0 Å². The third-order valence-corrected chi connectivity index (χ3v) is 7.71. The van der Waals surface area contributed by atoms with Crippen molar-refractivity contribution >= 4 is 17.3 Å². The van der Waals surface area contributed by atoms with Crippen LogP contribution in [0.5, 0.6) is 0 Å². The first kappa shape index (κ1) is 17.1. The molecule has 0 amide bonds. The van der Waals surface area contributed by atoms with Crippen molar-refractivity contribution in [2.24, 2.45) is 11.8 Å². The van der Waals surface area contributed by atoms with E-state index in [1.54, 1.807) is 0 Å². The fourth-order valence-corrected chi connectivity index (χ4v) is 6.29. The maximum absolute atomic E-state index is 5.69. The summed E-state index contributed by atoms with van der Waals surface area (Å²) >= 11 is 5.69. The van der Waals surface area contributed by atoms with Crippen molar-refractivity contribution in [3.63, 3.8) is 0 Å². The van der Waals surface area contributed by atoms with Crippen molar-refractivity contribution in [2.45, 2.75) is 88.6 Å². The van der Waals surface area contributed by atoms with Gasteiger partial charge in [-0.25, -0.2) is 0 Å². The third kappa shape index (κ3) is 3.60. The minimum atomic E-state index is 0.374. The molecule has 3 unspecified atom stereocenters. The number of nitrogens with zero attached hydrogens (tertiary/aromatic N) is 1. The van der Waals surface area contributed by atoms with E-state index in [4.69, 9.17) is 12.2 Å². The smallest absolute Gasteiger partial charge is 0.166 e. The summed E-state index contributed by atoms with van der Waals surface area (Å²) in [6.45, 7) is 3.65. The van der Waals surface area contributed by atoms with Crippen molar-refractivity contribution in [2.75, 3.05) is 19.6 Å². The molecule has 3 nitrogen and oxygen atoms in total. The van der Waals surface area contributed by atoms with Gasteiger partial charge in [0.15, 0.2) is 5.11 Å². The summed E-state index contributed by atoms with van der Waals surface area (Å²) in [5.74, 6) is 1.87. The maximum atomic E-state index is 5.69. The summed E-state index contributed by atoms with van der Waals surface area (Å²) in [7, 11) is 0. The molecule has 4 heteroatoms. The van der Waals surface area contributed by atoms with Crippen LogP contribution in [0.2, 0.25) is 0 Å². The van der Waals surface area contributed by atoms with Crippen LogP contribution in [-0.4, -0.2) is 41.2 Å². The highest BCUT2D eigenvalue weighted by molar-refractivity contribution is 7.80. The quantitative estimate of drug-likeness (QED) is 0.754. The van der Waals surface area contributed by atoms with E-state index in [0.717, 1.165) is 23.5 Å². The molecule has 4 aliphatic rings. The first-order valence-electron chi connectivity index (χ1n) is 10.5. The van der Waals surface area contributed by atoms with Crippen LogP contribution in [0.4, 0.5) is 0 Å². The number of hydrogen-bond acceptors (Lipinski definition) is 2. The highest BCUT2D eigenvalue weighted by Gasteiger charge is 2.41. The molecule has 4 rings (SSSR count). The third-order valence-electron chi connectivity index (χ3n) is 7.44. The van der Waals surface area contributed by atoms with Gasteiger partial charge in [0.05, 0.1) is 0 Å². The summed E-state index contributed by atoms with van der Waals surface area (Å²) in [6, 6.07) is 0.654. The summed E-state index contributed by atoms with van der Waals surface area (Å²) < 4.78 is 0. The number of hydrogen-bond donors (Lipinski definition) is 2. The largest absolute Gasteiger partial charge is 0.361 e. The van der Waals surface area contributed by atoms with E-state index in [-0.39, 0.29) is 0 Å². The number of nitrogens with one attached hydrogen (secondary N) is 2. The molecule has 4 fully saturated rings. The van der Waals surface area contributed by atoms with Crippen LogP contribution >= 0.6 is 12.2 Å². The molecular formula is C20H35N3S. The Morgan fingerprint density at radius 1 is 0.958 bits per heavy atom. The Morgan fingerprint density at radius 3 is 2.38 bits per heavy atom. The van der Waals surface area contributed by atoms with Gasteiger partial charge in [0, 0.05) is 18.1 Å². The Bertz CT molecular complexity index is 440. The molecule has 3 saturated carbocycles. The molecule has 0 aromatic carbocycles. The minimum Gasteiger partial charge on any atom is -0.361 e. The highest BCUT2D eigenvalue weighted by Crippen LogP contribution is 2.44. The topological polar surface area (TPSA) is 27.3 Å². The molecule has 24 heavy (non-hydrogen) atoms. The van der Waals surface area contributed by atoms with Crippen LogP contribution in [-0.2, 0) is 0 Å². The Morgan fingerprint density at radius 2 is 1.71 bits per heavy atom. The van der Waals surface area contributed by atoms with Gasteiger partial charge >= 0.3 is 0 Å². The van der Waals surface area contributed by atoms with Crippen molar-refractivity contribution in [3.8, 4) is 0 Å². The monoisotopic (exact) mass is 349 g/mol. The lowest BCUT2D eigenvalue weighted by Crippen LogP contribution is -2.59. The second kappa shape index (κ2) is 7.49. The lowest BCUT2D eigenvalue weighted by molar-refractivity contribution is 0.0369. The van der Waals surface area contributed by atoms with Gasteiger partial charge in [-0.05, 0) is 82.1 Å². The van der Waals surface area contributed by atoms with E-state index < -0.39 is 0 Å². The second-order valence-electron chi connectivity index (χ2n) is 8.94. The maximum Gasteiger partial charge on any atom is 0.166 e. The summed E-state index contributed by atoms with van der Waals surface area (Å²) in [4.78, 5) is 2.81. The molecule has 0 aromatic heterocycles. The lowest BCUT2D eigenvalue weighted by Gasteiger charge is -2.48. The zero-order valence-electron chi connectivity index (χ0n) is 15.2. The number of thiocarbonyl (C=S) groups is 1. The second-order valence-corrected chi connectivity index (χ2v) is 9.35. The zero-order chi connectivity index (χ0) is 16.4. The molecule has 3 aliphatic carbocycles. The molecule has 1 saturated heterocycles. The minimum absolute atomic E-state index is 0.374. The van der Waals surface area contributed by atoms with Crippen LogP contribution in [0.1, 0.15) is 77.0 Å². The molecular weight excluding hydrogens is 314 g/mol. The van der Waals surface area contributed by atoms with E-state index in [1.165, 1.54) is 90.1 Å². The average Bonchev–Trinajstić information content (AvgIpc) is 3.25. The first-order valence-corrected chi connectivity index (χ1v) is 11.0. The number of piperidine rings is 1. The fourth-order valence-electron chi connectivity index (χ4n) is 6.07. The van der Waals surface area contributed by atoms with Crippen molar-refractivity contribution in [1.82, 2.24) is 15.5 Å². The van der Waals surface area contributed by atoms with E-state index in [0.29, 0.717) is 11.6 Å². The molecule has 2 N–H and O–H groups in total.